The minimum atomic E-state index is -0.991. The molecule has 0 aliphatic carbocycles. The van der Waals surface area contributed by atoms with Crippen molar-refractivity contribution < 1.29 is 13.6 Å². The summed E-state index contributed by atoms with van der Waals surface area (Å²) in [4.78, 5) is 12.7. The summed E-state index contributed by atoms with van der Waals surface area (Å²) in [5.74, 6) is -2.23. The van der Waals surface area contributed by atoms with E-state index in [1.54, 1.807) is 14.1 Å². The van der Waals surface area contributed by atoms with Gasteiger partial charge in [0.25, 0.3) is 5.91 Å². The molecule has 14 heavy (non-hydrogen) atoms. The third-order valence-corrected chi connectivity index (χ3v) is 1.86. The number of hydrogen-bond donors (Lipinski definition) is 0. The molecular weight excluding hydrogens is 188 g/mol. The Morgan fingerprint density at radius 1 is 1.29 bits per heavy atom. The number of carbonyl (C=O) groups is 1. The first kappa shape index (κ1) is 10.6. The van der Waals surface area contributed by atoms with E-state index >= 15 is 0 Å². The van der Waals surface area contributed by atoms with Crippen LogP contribution in [0.4, 0.5) is 8.78 Å². The molecule has 0 aromatic heterocycles. The maximum absolute atomic E-state index is 12.9. The Balaban J connectivity index is 3.19. The smallest absolute Gasteiger partial charge is 0.253 e. The molecule has 0 saturated carbocycles. The molecule has 0 N–H and O–H groups in total. The van der Waals surface area contributed by atoms with Gasteiger partial charge in [-0.1, -0.05) is 0 Å². The zero-order chi connectivity index (χ0) is 10.9. The molecule has 1 rings (SSSR count). The van der Waals surface area contributed by atoms with E-state index in [1.165, 1.54) is 17.9 Å². The van der Waals surface area contributed by atoms with Crippen molar-refractivity contribution in [2.24, 2.45) is 0 Å². The summed E-state index contributed by atoms with van der Waals surface area (Å²) in [7, 11) is 3.11. The summed E-state index contributed by atoms with van der Waals surface area (Å²) in [6, 6.07) is 2.24. The molecule has 0 aliphatic heterocycles. The lowest BCUT2D eigenvalue weighted by atomic mass is 10.1. The number of nitrogens with zero attached hydrogens (tertiary/aromatic N) is 1. The maximum atomic E-state index is 12.9. The normalized spacial score (nSPS) is 10.1. The second-order valence-corrected chi connectivity index (χ2v) is 3.29. The predicted octanol–water partition coefficient (Wildman–Crippen LogP) is 1.98. The van der Waals surface area contributed by atoms with Crippen LogP contribution in [0.5, 0.6) is 0 Å². The number of carbonyl (C=O) groups excluding carboxylic acids is 1. The molecule has 1 amide bonds. The third kappa shape index (κ3) is 1.89. The monoisotopic (exact) mass is 199 g/mol. The third-order valence-electron chi connectivity index (χ3n) is 1.86. The quantitative estimate of drug-likeness (QED) is 0.677. The van der Waals surface area contributed by atoms with Gasteiger partial charge in [0.2, 0.25) is 0 Å². The van der Waals surface area contributed by atoms with Gasteiger partial charge in [-0.3, -0.25) is 4.79 Å². The van der Waals surface area contributed by atoms with Crippen LogP contribution in [0, 0.1) is 18.6 Å². The molecule has 0 atom stereocenters. The van der Waals surface area contributed by atoms with E-state index in [-0.39, 0.29) is 17.0 Å². The Labute approximate surface area is 81.1 Å². The van der Waals surface area contributed by atoms with Gasteiger partial charge in [-0.05, 0) is 24.6 Å². The Hall–Kier alpha value is -1.45. The number of aryl methyl sites for hydroxylation is 1. The number of amides is 1. The van der Waals surface area contributed by atoms with E-state index in [4.69, 9.17) is 0 Å². The average molecular weight is 199 g/mol. The fourth-order valence-electron chi connectivity index (χ4n) is 1.11. The molecule has 1 aromatic carbocycles. The van der Waals surface area contributed by atoms with Crippen LogP contribution in [0.15, 0.2) is 12.1 Å². The summed E-state index contributed by atoms with van der Waals surface area (Å²) in [6.07, 6.45) is 0. The lowest BCUT2D eigenvalue weighted by Gasteiger charge is -2.11. The highest BCUT2D eigenvalue weighted by Crippen LogP contribution is 2.14. The Bertz CT molecular complexity index is 351. The van der Waals surface area contributed by atoms with E-state index in [1.807, 2.05) is 0 Å². The maximum Gasteiger partial charge on any atom is 0.253 e. The second-order valence-electron chi connectivity index (χ2n) is 3.29. The lowest BCUT2D eigenvalue weighted by Crippen LogP contribution is -2.22. The minimum Gasteiger partial charge on any atom is -0.345 e. The van der Waals surface area contributed by atoms with Crippen molar-refractivity contribution in [1.82, 2.24) is 4.90 Å². The predicted molar refractivity (Wildman–Crippen MR) is 49.1 cm³/mol. The zero-order valence-electron chi connectivity index (χ0n) is 8.27. The molecule has 2 nitrogen and oxygen atoms in total. The van der Waals surface area contributed by atoms with Gasteiger partial charge in [0.05, 0.1) is 0 Å². The average Bonchev–Trinajstić information content (AvgIpc) is 2.12. The summed E-state index contributed by atoms with van der Waals surface area (Å²) in [5.41, 5.74) is 0.293. The van der Waals surface area contributed by atoms with Gasteiger partial charge in [0, 0.05) is 19.7 Å². The van der Waals surface area contributed by atoms with Crippen LogP contribution in [-0.4, -0.2) is 24.9 Å². The molecule has 0 saturated heterocycles. The first-order chi connectivity index (χ1) is 6.43. The molecule has 0 radical (unpaired) electrons. The topological polar surface area (TPSA) is 20.3 Å². The van der Waals surface area contributed by atoms with Crippen LogP contribution in [-0.2, 0) is 0 Å². The van der Waals surface area contributed by atoms with Crippen molar-refractivity contribution in [3.8, 4) is 0 Å². The van der Waals surface area contributed by atoms with E-state index in [0.29, 0.717) is 0 Å². The molecule has 0 aliphatic rings. The molecule has 1 aromatic rings. The van der Waals surface area contributed by atoms with Crippen LogP contribution in [0.2, 0.25) is 0 Å². The van der Waals surface area contributed by atoms with Gasteiger partial charge >= 0.3 is 0 Å². The number of rotatable bonds is 1. The zero-order valence-corrected chi connectivity index (χ0v) is 8.27. The standard InChI is InChI=1S/C10H11F2NO/c1-6-4-7(10(14)13(2)3)5-8(11)9(6)12/h4-5H,1-3H3. The summed E-state index contributed by atoms with van der Waals surface area (Å²) in [6.45, 7) is 1.42. The SMILES string of the molecule is Cc1cc(C(=O)N(C)C)cc(F)c1F. The minimum absolute atomic E-state index is 0.134. The van der Waals surface area contributed by atoms with Gasteiger partial charge in [-0.2, -0.15) is 0 Å². The largest absolute Gasteiger partial charge is 0.345 e. The van der Waals surface area contributed by atoms with Crippen molar-refractivity contribution in [3.63, 3.8) is 0 Å². The van der Waals surface area contributed by atoms with E-state index in [2.05, 4.69) is 0 Å². The Kier molecular flexibility index (Phi) is 2.84. The van der Waals surface area contributed by atoms with Crippen molar-refractivity contribution >= 4 is 5.91 Å². The molecule has 4 heteroatoms. The van der Waals surface area contributed by atoms with Crippen LogP contribution in [0.25, 0.3) is 0 Å². The van der Waals surface area contributed by atoms with Crippen molar-refractivity contribution in [3.05, 3.63) is 34.9 Å². The fourth-order valence-corrected chi connectivity index (χ4v) is 1.11. The Morgan fingerprint density at radius 3 is 2.29 bits per heavy atom. The number of benzene rings is 1. The van der Waals surface area contributed by atoms with Crippen LogP contribution in [0.1, 0.15) is 15.9 Å². The van der Waals surface area contributed by atoms with Crippen LogP contribution < -0.4 is 0 Å². The van der Waals surface area contributed by atoms with Gasteiger partial charge < -0.3 is 4.90 Å². The molecule has 0 fully saturated rings. The van der Waals surface area contributed by atoms with Gasteiger partial charge in [-0.15, -0.1) is 0 Å². The number of hydrogen-bond acceptors (Lipinski definition) is 1. The highest BCUT2D eigenvalue weighted by Gasteiger charge is 2.13. The van der Waals surface area contributed by atoms with E-state index in [0.717, 1.165) is 6.07 Å². The van der Waals surface area contributed by atoms with Gasteiger partial charge in [0.1, 0.15) is 0 Å². The lowest BCUT2D eigenvalue weighted by molar-refractivity contribution is 0.0827. The molecule has 0 heterocycles. The summed E-state index contributed by atoms with van der Waals surface area (Å²) < 4.78 is 25.8. The van der Waals surface area contributed by atoms with Crippen molar-refractivity contribution in [2.45, 2.75) is 6.92 Å². The van der Waals surface area contributed by atoms with E-state index < -0.39 is 11.6 Å². The second kappa shape index (κ2) is 3.74. The van der Waals surface area contributed by atoms with Crippen LogP contribution in [0.3, 0.4) is 0 Å². The highest BCUT2D eigenvalue weighted by molar-refractivity contribution is 5.94. The summed E-state index contributed by atoms with van der Waals surface area (Å²) >= 11 is 0. The first-order valence-corrected chi connectivity index (χ1v) is 4.10. The molecular formula is C10H11F2NO. The Morgan fingerprint density at radius 2 is 1.86 bits per heavy atom. The molecule has 76 valence electrons. The fraction of sp³-hybridized carbons (Fsp3) is 0.300. The van der Waals surface area contributed by atoms with Crippen LogP contribution >= 0.6 is 0 Å². The molecule has 0 spiro atoms. The molecule has 0 bridgehead atoms. The van der Waals surface area contributed by atoms with Gasteiger partial charge in [-0.25, -0.2) is 8.78 Å². The number of halogens is 2. The first-order valence-electron chi connectivity index (χ1n) is 4.10. The van der Waals surface area contributed by atoms with E-state index in [9.17, 15) is 13.6 Å². The summed E-state index contributed by atoms with van der Waals surface area (Å²) in [5, 5.41) is 0. The highest BCUT2D eigenvalue weighted by atomic mass is 19.2. The van der Waals surface area contributed by atoms with Gasteiger partial charge in [0.15, 0.2) is 11.6 Å². The molecule has 0 unspecified atom stereocenters. The van der Waals surface area contributed by atoms with Crippen molar-refractivity contribution in [2.75, 3.05) is 14.1 Å². The van der Waals surface area contributed by atoms with Crippen molar-refractivity contribution in [1.29, 1.82) is 0 Å².